The third-order valence-corrected chi connectivity index (χ3v) is 4.25. The number of carbonyl (C=O) groups excluding carboxylic acids is 1. The molecule has 0 fully saturated rings. The number of rotatable bonds is 6. The molecule has 0 heterocycles. The zero-order valence-corrected chi connectivity index (χ0v) is 14.6. The predicted molar refractivity (Wildman–Crippen MR) is 92.2 cm³/mol. The van der Waals surface area contributed by atoms with Gasteiger partial charge in [-0.1, -0.05) is 6.07 Å². The van der Waals surface area contributed by atoms with E-state index in [1.54, 1.807) is 11.8 Å². The fourth-order valence-electron chi connectivity index (χ4n) is 2.14. The number of alkyl halides is 3. The maximum atomic E-state index is 12.5. The van der Waals surface area contributed by atoms with Gasteiger partial charge in [-0.2, -0.15) is 13.2 Å². The van der Waals surface area contributed by atoms with Crippen LogP contribution in [0, 0.1) is 6.92 Å². The standard InChI is InChI=1S/C18H18F3NO2S/c1-12-3-8-15(25-2)11-16(12)17(23)22-9-10-24-14-6-4-13(5-7-14)18(19,20)21/h3-8,11H,9-10H2,1-2H3,(H,22,23). The van der Waals surface area contributed by atoms with Crippen LogP contribution in [0.25, 0.3) is 0 Å². The molecule has 134 valence electrons. The van der Waals surface area contributed by atoms with E-state index in [1.165, 1.54) is 12.1 Å². The van der Waals surface area contributed by atoms with Crippen LogP contribution in [0.3, 0.4) is 0 Å². The molecule has 3 nitrogen and oxygen atoms in total. The van der Waals surface area contributed by atoms with E-state index >= 15 is 0 Å². The summed E-state index contributed by atoms with van der Waals surface area (Å²) in [7, 11) is 0. The summed E-state index contributed by atoms with van der Waals surface area (Å²) in [6, 6.07) is 10.1. The Morgan fingerprint density at radius 2 is 1.84 bits per heavy atom. The van der Waals surface area contributed by atoms with Crippen LogP contribution in [-0.2, 0) is 6.18 Å². The minimum Gasteiger partial charge on any atom is -0.492 e. The monoisotopic (exact) mass is 369 g/mol. The van der Waals surface area contributed by atoms with Gasteiger partial charge in [0.1, 0.15) is 12.4 Å². The zero-order valence-electron chi connectivity index (χ0n) is 13.8. The normalized spacial score (nSPS) is 11.2. The minimum atomic E-state index is -4.37. The molecular weight excluding hydrogens is 351 g/mol. The number of hydrogen-bond acceptors (Lipinski definition) is 3. The summed E-state index contributed by atoms with van der Waals surface area (Å²) in [5.41, 5.74) is 0.748. The van der Waals surface area contributed by atoms with Gasteiger partial charge >= 0.3 is 6.18 Å². The molecule has 2 rings (SSSR count). The third-order valence-electron chi connectivity index (χ3n) is 3.53. The van der Waals surface area contributed by atoms with Gasteiger partial charge in [0.2, 0.25) is 0 Å². The summed E-state index contributed by atoms with van der Waals surface area (Å²) in [6.45, 7) is 2.28. The molecule has 1 amide bonds. The van der Waals surface area contributed by atoms with Gasteiger partial charge in [0.25, 0.3) is 5.91 Å². The predicted octanol–water partition coefficient (Wildman–Crippen LogP) is 4.54. The molecule has 0 bridgehead atoms. The maximum absolute atomic E-state index is 12.5. The fraction of sp³-hybridized carbons (Fsp3) is 0.278. The van der Waals surface area contributed by atoms with Crippen molar-refractivity contribution >= 4 is 17.7 Å². The second-order valence-electron chi connectivity index (χ2n) is 5.31. The molecule has 0 aliphatic carbocycles. The molecule has 0 saturated heterocycles. The summed E-state index contributed by atoms with van der Waals surface area (Å²) in [6.07, 6.45) is -2.43. The van der Waals surface area contributed by atoms with Crippen molar-refractivity contribution in [3.05, 3.63) is 59.2 Å². The maximum Gasteiger partial charge on any atom is 0.416 e. The van der Waals surface area contributed by atoms with Crippen LogP contribution < -0.4 is 10.1 Å². The van der Waals surface area contributed by atoms with Crippen molar-refractivity contribution in [2.45, 2.75) is 18.0 Å². The average molecular weight is 369 g/mol. The van der Waals surface area contributed by atoms with E-state index in [9.17, 15) is 18.0 Å². The number of aryl methyl sites for hydroxylation is 1. The second kappa shape index (κ2) is 8.29. The summed E-state index contributed by atoms with van der Waals surface area (Å²) < 4.78 is 42.8. The number of carbonyl (C=O) groups is 1. The molecule has 0 atom stereocenters. The molecule has 0 aliphatic rings. The average Bonchev–Trinajstić information content (AvgIpc) is 2.58. The number of amides is 1. The van der Waals surface area contributed by atoms with Crippen LogP contribution >= 0.6 is 11.8 Å². The number of nitrogens with one attached hydrogen (secondary N) is 1. The highest BCUT2D eigenvalue weighted by atomic mass is 32.2. The molecule has 0 unspecified atom stereocenters. The highest BCUT2D eigenvalue weighted by Crippen LogP contribution is 2.30. The Labute approximate surface area is 148 Å². The number of halogens is 3. The van der Waals surface area contributed by atoms with E-state index in [0.29, 0.717) is 11.3 Å². The minimum absolute atomic E-state index is 0.165. The molecule has 0 saturated carbocycles. The van der Waals surface area contributed by atoms with E-state index in [2.05, 4.69) is 5.32 Å². The Hall–Kier alpha value is -2.15. The van der Waals surface area contributed by atoms with E-state index < -0.39 is 11.7 Å². The lowest BCUT2D eigenvalue weighted by molar-refractivity contribution is -0.137. The van der Waals surface area contributed by atoms with Crippen LogP contribution in [0.1, 0.15) is 21.5 Å². The summed E-state index contributed by atoms with van der Waals surface area (Å²) >= 11 is 1.55. The van der Waals surface area contributed by atoms with E-state index in [1.807, 2.05) is 31.4 Å². The summed E-state index contributed by atoms with van der Waals surface area (Å²) in [5.74, 6) is 0.118. The highest BCUT2D eigenvalue weighted by Gasteiger charge is 2.29. The molecule has 0 aliphatic heterocycles. The fourth-order valence-corrected chi connectivity index (χ4v) is 2.58. The first-order chi connectivity index (χ1) is 11.8. The Morgan fingerprint density at radius 3 is 2.44 bits per heavy atom. The number of ether oxygens (including phenoxy) is 1. The molecule has 2 aromatic rings. The number of hydrogen-bond donors (Lipinski definition) is 1. The first-order valence-electron chi connectivity index (χ1n) is 7.54. The first-order valence-corrected chi connectivity index (χ1v) is 8.76. The van der Waals surface area contributed by atoms with Crippen molar-refractivity contribution in [2.24, 2.45) is 0 Å². The molecule has 2 aromatic carbocycles. The highest BCUT2D eigenvalue weighted by molar-refractivity contribution is 7.98. The van der Waals surface area contributed by atoms with Crippen molar-refractivity contribution < 1.29 is 22.7 Å². The number of benzene rings is 2. The van der Waals surface area contributed by atoms with Crippen LogP contribution in [0.15, 0.2) is 47.4 Å². The Balaban J connectivity index is 1.84. The molecular formula is C18H18F3NO2S. The zero-order chi connectivity index (χ0) is 18.4. The van der Waals surface area contributed by atoms with Crippen molar-refractivity contribution in [3.8, 4) is 5.75 Å². The lowest BCUT2D eigenvalue weighted by Gasteiger charge is -2.11. The second-order valence-corrected chi connectivity index (χ2v) is 6.19. The first kappa shape index (κ1) is 19.2. The van der Waals surface area contributed by atoms with Crippen molar-refractivity contribution in [1.82, 2.24) is 5.32 Å². The lowest BCUT2D eigenvalue weighted by Crippen LogP contribution is -2.28. The largest absolute Gasteiger partial charge is 0.492 e. The van der Waals surface area contributed by atoms with Gasteiger partial charge in [0, 0.05) is 10.5 Å². The van der Waals surface area contributed by atoms with E-state index in [4.69, 9.17) is 4.74 Å². The van der Waals surface area contributed by atoms with Crippen LogP contribution in [-0.4, -0.2) is 25.3 Å². The lowest BCUT2D eigenvalue weighted by atomic mass is 10.1. The molecule has 7 heteroatoms. The van der Waals surface area contributed by atoms with Crippen molar-refractivity contribution in [1.29, 1.82) is 0 Å². The van der Waals surface area contributed by atoms with Gasteiger partial charge in [0.05, 0.1) is 12.1 Å². The Bertz CT molecular complexity index is 730. The molecule has 25 heavy (non-hydrogen) atoms. The number of thioether (sulfide) groups is 1. The van der Waals surface area contributed by atoms with Gasteiger partial charge in [-0.15, -0.1) is 11.8 Å². The van der Waals surface area contributed by atoms with E-state index in [-0.39, 0.29) is 19.1 Å². The smallest absolute Gasteiger partial charge is 0.416 e. The van der Waals surface area contributed by atoms with Crippen LogP contribution in [0.4, 0.5) is 13.2 Å². The van der Waals surface area contributed by atoms with Gasteiger partial charge in [-0.25, -0.2) is 0 Å². The SMILES string of the molecule is CSc1ccc(C)c(C(=O)NCCOc2ccc(C(F)(F)F)cc2)c1. The molecule has 0 radical (unpaired) electrons. The van der Waals surface area contributed by atoms with Gasteiger partial charge in [-0.05, 0) is 55.1 Å². The van der Waals surface area contributed by atoms with Gasteiger partial charge in [-0.3, -0.25) is 4.79 Å². The van der Waals surface area contributed by atoms with Crippen molar-refractivity contribution in [2.75, 3.05) is 19.4 Å². The van der Waals surface area contributed by atoms with Gasteiger partial charge in [0.15, 0.2) is 0 Å². The third kappa shape index (κ3) is 5.42. The molecule has 1 N–H and O–H groups in total. The topological polar surface area (TPSA) is 38.3 Å². The van der Waals surface area contributed by atoms with Gasteiger partial charge < -0.3 is 10.1 Å². The van der Waals surface area contributed by atoms with Crippen LogP contribution in [0.5, 0.6) is 5.75 Å². The van der Waals surface area contributed by atoms with Crippen LogP contribution in [0.2, 0.25) is 0 Å². The summed E-state index contributed by atoms with van der Waals surface area (Å²) in [5, 5.41) is 2.74. The molecule has 0 spiro atoms. The summed E-state index contributed by atoms with van der Waals surface area (Å²) in [4.78, 5) is 13.2. The molecule has 0 aromatic heterocycles. The quantitative estimate of drug-likeness (QED) is 0.600. The van der Waals surface area contributed by atoms with E-state index in [0.717, 1.165) is 22.6 Å². The Morgan fingerprint density at radius 1 is 1.16 bits per heavy atom. The Kier molecular flexibility index (Phi) is 6.36. The van der Waals surface area contributed by atoms with Crippen molar-refractivity contribution in [3.63, 3.8) is 0 Å².